The summed E-state index contributed by atoms with van der Waals surface area (Å²) in [4.78, 5) is 14.2. The van der Waals surface area contributed by atoms with Crippen molar-refractivity contribution in [2.45, 2.75) is 18.9 Å². The van der Waals surface area contributed by atoms with E-state index in [9.17, 15) is 18.5 Å². The molecule has 2 rings (SSSR count). The smallest absolute Gasteiger partial charge is 0.311 e. The van der Waals surface area contributed by atoms with Gasteiger partial charge < -0.3 is 5.32 Å². The first-order valence-corrected chi connectivity index (χ1v) is 8.25. The van der Waals surface area contributed by atoms with Gasteiger partial charge in [0.05, 0.1) is 20.9 Å². The van der Waals surface area contributed by atoms with E-state index in [2.05, 4.69) is 26.2 Å². The molecule has 0 bridgehead atoms. The predicted molar refractivity (Wildman–Crippen MR) is 73.9 cm³/mol. The molecule has 0 spiro atoms. The summed E-state index contributed by atoms with van der Waals surface area (Å²) in [7, 11) is -2.94. The Labute approximate surface area is 118 Å². The van der Waals surface area contributed by atoms with Crippen molar-refractivity contribution in [3.8, 4) is 0 Å². The molecule has 1 aromatic rings. The zero-order valence-corrected chi connectivity index (χ0v) is 12.3. The highest BCUT2D eigenvalue weighted by Gasteiger charge is 2.26. The van der Waals surface area contributed by atoms with Crippen molar-refractivity contribution in [1.29, 1.82) is 0 Å². The Balaban J connectivity index is 2.18. The molecule has 0 unspecified atom stereocenters. The summed E-state index contributed by atoms with van der Waals surface area (Å²) in [5.74, 6) is 0.225. The van der Waals surface area contributed by atoms with E-state index in [0.29, 0.717) is 23.0 Å². The average Bonchev–Trinajstić information content (AvgIpc) is 2.33. The monoisotopic (exact) mass is 349 g/mol. The summed E-state index contributed by atoms with van der Waals surface area (Å²) in [5, 5.41) is 14.0. The number of pyridine rings is 1. The number of halogens is 1. The SMILES string of the molecule is O=[N+]([O-])c1cncc(Br)c1NC1CCS(=O)(=O)CC1. The van der Waals surface area contributed by atoms with Gasteiger partial charge in [0.15, 0.2) is 0 Å². The normalized spacial score (nSPS) is 19.0. The van der Waals surface area contributed by atoms with Gasteiger partial charge in [-0.05, 0) is 28.8 Å². The zero-order valence-electron chi connectivity index (χ0n) is 9.87. The summed E-state index contributed by atoms with van der Waals surface area (Å²) in [6, 6.07) is -0.0825. The van der Waals surface area contributed by atoms with Gasteiger partial charge in [-0.25, -0.2) is 8.42 Å². The summed E-state index contributed by atoms with van der Waals surface area (Å²) in [6.07, 6.45) is 3.55. The van der Waals surface area contributed by atoms with E-state index < -0.39 is 14.8 Å². The van der Waals surface area contributed by atoms with E-state index in [4.69, 9.17) is 0 Å². The number of anilines is 1. The molecule has 0 atom stereocenters. The van der Waals surface area contributed by atoms with Crippen molar-refractivity contribution in [3.63, 3.8) is 0 Å². The standard InChI is InChI=1S/C10H12BrN3O4S/c11-8-5-12-6-9(14(15)16)10(8)13-7-1-3-19(17,18)4-2-7/h5-7H,1-4H2,(H,12,13). The molecule has 1 fully saturated rings. The third kappa shape index (κ3) is 3.41. The lowest BCUT2D eigenvalue weighted by Crippen LogP contribution is -2.32. The molecule has 2 heterocycles. The molecule has 19 heavy (non-hydrogen) atoms. The maximum Gasteiger partial charge on any atom is 0.311 e. The van der Waals surface area contributed by atoms with Crippen LogP contribution in [0.5, 0.6) is 0 Å². The van der Waals surface area contributed by atoms with Crippen LogP contribution in [-0.4, -0.2) is 35.9 Å². The van der Waals surface area contributed by atoms with Gasteiger partial charge >= 0.3 is 5.69 Å². The van der Waals surface area contributed by atoms with E-state index in [1.165, 1.54) is 12.4 Å². The minimum atomic E-state index is -2.94. The quantitative estimate of drug-likeness (QED) is 0.658. The predicted octanol–water partition coefficient (Wildman–Crippen LogP) is 1.74. The fraction of sp³-hybridized carbons (Fsp3) is 0.500. The Morgan fingerprint density at radius 1 is 1.37 bits per heavy atom. The number of hydrogen-bond donors (Lipinski definition) is 1. The largest absolute Gasteiger partial charge is 0.376 e. The molecule has 1 aliphatic rings. The Hall–Kier alpha value is -1.22. The highest BCUT2D eigenvalue weighted by Crippen LogP contribution is 2.32. The molecule has 0 aliphatic carbocycles. The fourth-order valence-corrected chi connectivity index (χ4v) is 3.87. The van der Waals surface area contributed by atoms with E-state index in [1.807, 2.05) is 0 Å². The van der Waals surface area contributed by atoms with Crippen molar-refractivity contribution >= 4 is 37.1 Å². The Morgan fingerprint density at radius 2 is 2.00 bits per heavy atom. The van der Waals surface area contributed by atoms with Gasteiger partial charge in [-0.3, -0.25) is 15.1 Å². The van der Waals surface area contributed by atoms with Crippen LogP contribution in [0.3, 0.4) is 0 Å². The van der Waals surface area contributed by atoms with Gasteiger partial charge in [0, 0.05) is 12.2 Å². The number of rotatable bonds is 3. The van der Waals surface area contributed by atoms with Gasteiger partial charge in [0.2, 0.25) is 0 Å². The second-order valence-corrected chi connectivity index (χ2v) is 7.50. The van der Waals surface area contributed by atoms with Gasteiger partial charge in [-0.1, -0.05) is 0 Å². The Morgan fingerprint density at radius 3 is 2.58 bits per heavy atom. The Kier molecular flexibility index (Phi) is 4.04. The van der Waals surface area contributed by atoms with Crippen LogP contribution in [0.2, 0.25) is 0 Å². The minimum Gasteiger partial charge on any atom is -0.376 e. The summed E-state index contributed by atoms with van der Waals surface area (Å²) < 4.78 is 23.2. The number of aromatic nitrogens is 1. The lowest BCUT2D eigenvalue weighted by Gasteiger charge is -2.24. The molecule has 9 heteroatoms. The molecular formula is C10H12BrN3O4S. The van der Waals surface area contributed by atoms with E-state index in [1.54, 1.807) is 0 Å². The Bertz CT molecular complexity index is 591. The molecule has 1 aromatic heterocycles. The highest BCUT2D eigenvalue weighted by molar-refractivity contribution is 9.10. The van der Waals surface area contributed by atoms with Crippen LogP contribution >= 0.6 is 15.9 Å². The van der Waals surface area contributed by atoms with Crippen LogP contribution < -0.4 is 5.32 Å². The maximum absolute atomic E-state index is 11.3. The first kappa shape index (κ1) is 14.2. The van der Waals surface area contributed by atoms with Crippen molar-refractivity contribution in [3.05, 3.63) is 27.0 Å². The topological polar surface area (TPSA) is 102 Å². The first-order chi connectivity index (χ1) is 8.89. The lowest BCUT2D eigenvalue weighted by molar-refractivity contribution is -0.384. The van der Waals surface area contributed by atoms with E-state index >= 15 is 0 Å². The minimum absolute atomic E-state index is 0.0825. The second-order valence-electron chi connectivity index (χ2n) is 4.34. The molecule has 0 radical (unpaired) electrons. The van der Waals surface area contributed by atoms with Crippen molar-refractivity contribution in [2.24, 2.45) is 0 Å². The van der Waals surface area contributed by atoms with Crippen LogP contribution in [-0.2, 0) is 9.84 Å². The van der Waals surface area contributed by atoms with Crippen LogP contribution in [0.4, 0.5) is 11.4 Å². The molecule has 0 saturated carbocycles. The zero-order chi connectivity index (χ0) is 14.0. The summed E-state index contributed by atoms with van der Waals surface area (Å²) in [6.45, 7) is 0. The summed E-state index contributed by atoms with van der Waals surface area (Å²) in [5.41, 5.74) is 0.229. The molecule has 1 saturated heterocycles. The third-order valence-electron chi connectivity index (χ3n) is 2.98. The maximum atomic E-state index is 11.3. The van der Waals surface area contributed by atoms with Gasteiger partial charge in [0.1, 0.15) is 21.7 Å². The van der Waals surface area contributed by atoms with Crippen LogP contribution in [0.1, 0.15) is 12.8 Å². The number of hydrogen-bond acceptors (Lipinski definition) is 6. The summed E-state index contributed by atoms with van der Waals surface area (Å²) >= 11 is 3.22. The number of nitrogens with one attached hydrogen (secondary N) is 1. The number of sulfone groups is 1. The molecule has 0 aromatic carbocycles. The van der Waals surface area contributed by atoms with Crippen molar-refractivity contribution in [1.82, 2.24) is 4.98 Å². The first-order valence-electron chi connectivity index (χ1n) is 5.64. The molecule has 7 nitrogen and oxygen atoms in total. The number of nitro groups is 1. The second kappa shape index (κ2) is 5.41. The van der Waals surface area contributed by atoms with Gasteiger partial charge in [-0.2, -0.15) is 0 Å². The molecular weight excluding hydrogens is 338 g/mol. The number of nitrogens with zero attached hydrogens (tertiary/aromatic N) is 2. The third-order valence-corrected chi connectivity index (χ3v) is 5.30. The lowest BCUT2D eigenvalue weighted by atomic mass is 10.1. The molecule has 1 aliphatic heterocycles. The van der Waals surface area contributed by atoms with Crippen molar-refractivity contribution in [2.75, 3.05) is 16.8 Å². The molecule has 0 amide bonds. The van der Waals surface area contributed by atoms with Gasteiger partial charge in [-0.15, -0.1) is 0 Å². The fourth-order valence-electron chi connectivity index (χ4n) is 1.94. The van der Waals surface area contributed by atoms with Crippen LogP contribution in [0.25, 0.3) is 0 Å². The van der Waals surface area contributed by atoms with E-state index in [0.717, 1.165) is 0 Å². The highest BCUT2D eigenvalue weighted by atomic mass is 79.9. The average molecular weight is 350 g/mol. The van der Waals surface area contributed by atoms with Crippen LogP contribution in [0, 0.1) is 10.1 Å². The van der Waals surface area contributed by atoms with Crippen molar-refractivity contribution < 1.29 is 13.3 Å². The molecule has 104 valence electrons. The van der Waals surface area contributed by atoms with Gasteiger partial charge in [0.25, 0.3) is 0 Å². The van der Waals surface area contributed by atoms with Crippen LogP contribution in [0.15, 0.2) is 16.9 Å². The van der Waals surface area contributed by atoms with E-state index in [-0.39, 0.29) is 23.2 Å². The molecule has 1 N–H and O–H groups in total.